The summed E-state index contributed by atoms with van der Waals surface area (Å²) in [5.74, 6) is -0.538. The van der Waals surface area contributed by atoms with Gasteiger partial charge >= 0.3 is 5.97 Å². The molecule has 8 nitrogen and oxygen atoms in total. The maximum absolute atomic E-state index is 12.7. The first kappa shape index (κ1) is 22.1. The minimum atomic E-state index is -0.984. The van der Waals surface area contributed by atoms with Gasteiger partial charge in [-0.25, -0.2) is 4.98 Å². The van der Waals surface area contributed by atoms with Gasteiger partial charge in [-0.1, -0.05) is 12.1 Å². The van der Waals surface area contributed by atoms with Gasteiger partial charge in [-0.2, -0.15) is 0 Å². The first-order valence-corrected chi connectivity index (χ1v) is 10.1. The van der Waals surface area contributed by atoms with Gasteiger partial charge in [-0.15, -0.1) is 0 Å². The van der Waals surface area contributed by atoms with Crippen molar-refractivity contribution in [2.24, 2.45) is 0 Å². The summed E-state index contributed by atoms with van der Waals surface area (Å²) in [6.45, 7) is 6.37. The van der Waals surface area contributed by atoms with Gasteiger partial charge in [0.25, 0.3) is 5.56 Å². The standard InChI is InChI=1S/C23H25N3O5/c1-12-20(14(3)27)13(2)24-21(12)22(29)15(4)31-19(28)11-7-10-18-25-17-9-6-5-8-16(17)23(30)26-18/h5-6,8-9,15,24H,7,10-11H2,1-4H3,(H,25,26,30)/t15-/m1/s1. The van der Waals surface area contributed by atoms with Crippen molar-refractivity contribution in [2.75, 3.05) is 0 Å². The summed E-state index contributed by atoms with van der Waals surface area (Å²) in [7, 11) is 0. The number of ketones is 2. The van der Waals surface area contributed by atoms with Crippen molar-refractivity contribution in [3.63, 3.8) is 0 Å². The van der Waals surface area contributed by atoms with Crippen molar-refractivity contribution >= 4 is 28.4 Å². The van der Waals surface area contributed by atoms with Gasteiger partial charge < -0.3 is 14.7 Å². The molecule has 0 saturated heterocycles. The van der Waals surface area contributed by atoms with Gasteiger partial charge in [0.2, 0.25) is 5.78 Å². The van der Waals surface area contributed by atoms with Crippen LogP contribution in [0.5, 0.6) is 0 Å². The lowest BCUT2D eigenvalue weighted by Crippen LogP contribution is -2.25. The van der Waals surface area contributed by atoms with Crippen molar-refractivity contribution < 1.29 is 19.1 Å². The number of hydrogen-bond acceptors (Lipinski definition) is 6. The van der Waals surface area contributed by atoms with Crippen molar-refractivity contribution in [3.05, 3.63) is 63.0 Å². The summed E-state index contributed by atoms with van der Waals surface area (Å²) >= 11 is 0. The van der Waals surface area contributed by atoms with Crippen LogP contribution in [-0.2, 0) is 16.0 Å². The van der Waals surface area contributed by atoms with Crippen LogP contribution >= 0.6 is 0 Å². The van der Waals surface area contributed by atoms with E-state index in [4.69, 9.17) is 4.74 Å². The largest absolute Gasteiger partial charge is 0.454 e. The lowest BCUT2D eigenvalue weighted by Gasteiger charge is -2.12. The fraction of sp³-hybridized carbons (Fsp3) is 0.348. The molecule has 3 aromatic rings. The molecule has 0 aliphatic heterocycles. The Hall–Kier alpha value is -3.55. The number of ether oxygens (including phenoxy) is 1. The molecule has 0 bridgehead atoms. The number of H-pyrrole nitrogens is 2. The van der Waals surface area contributed by atoms with Gasteiger partial charge in [0.1, 0.15) is 5.82 Å². The molecule has 0 amide bonds. The lowest BCUT2D eigenvalue weighted by molar-refractivity contribution is -0.146. The van der Waals surface area contributed by atoms with E-state index in [9.17, 15) is 19.2 Å². The molecule has 1 atom stereocenters. The van der Waals surface area contributed by atoms with Crippen molar-refractivity contribution in [3.8, 4) is 0 Å². The van der Waals surface area contributed by atoms with Crippen LogP contribution in [0.15, 0.2) is 29.1 Å². The number of aryl methyl sites for hydroxylation is 2. The molecule has 0 radical (unpaired) electrons. The van der Waals surface area contributed by atoms with E-state index in [0.717, 1.165) is 0 Å². The highest BCUT2D eigenvalue weighted by atomic mass is 16.5. The van der Waals surface area contributed by atoms with Crippen LogP contribution in [0, 0.1) is 13.8 Å². The molecule has 0 saturated carbocycles. The average Bonchev–Trinajstić information content (AvgIpc) is 3.01. The highest BCUT2D eigenvalue weighted by molar-refractivity contribution is 6.05. The Bertz CT molecular complexity index is 1220. The Kier molecular flexibility index (Phi) is 6.48. The van der Waals surface area contributed by atoms with Gasteiger partial charge in [0.15, 0.2) is 11.9 Å². The molecule has 2 N–H and O–H groups in total. The van der Waals surface area contributed by atoms with E-state index >= 15 is 0 Å². The summed E-state index contributed by atoms with van der Waals surface area (Å²) in [4.78, 5) is 58.8. The zero-order valence-corrected chi connectivity index (χ0v) is 18.0. The summed E-state index contributed by atoms with van der Waals surface area (Å²) in [6.07, 6.45) is -0.0946. The van der Waals surface area contributed by atoms with E-state index in [1.165, 1.54) is 13.8 Å². The summed E-state index contributed by atoms with van der Waals surface area (Å²) in [5, 5.41) is 0.515. The van der Waals surface area contributed by atoms with Gasteiger partial charge in [-0.05, 0) is 51.8 Å². The topological polar surface area (TPSA) is 122 Å². The Morgan fingerprint density at radius 2 is 1.84 bits per heavy atom. The number of esters is 1. The minimum Gasteiger partial charge on any atom is -0.454 e. The zero-order valence-electron chi connectivity index (χ0n) is 18.0. The summed E-state index contributed by atoms with van der Waals surface area (Å²) in [6, 6.07) is 7.04. The number of nitrogens with zero attached hydrogens (tertiary/aromatic N) is 1. The van der Waals surface area contributed by atoms with Crippen molar-refractivity contribution in [1.82, 2.24) is 15.0 Å². The number of carbonyl (C=O) groups excluding carboxylic acids is 3. The number of benzene rings is 1. The van der Waals surface area contributed by atoms with Crippen LogP contribution in [0.2, 0.25) is 0 Å². The van der Waals surface area contributed by atoms with Crippen LogP contribution in [0.1, 0.15) is 64.6 Å². The average molecular weight is 423 g/mol. The van der Waals surface area contributed by atoms with Crippen LogP contribution < -0.4 is 5.56 Å². The summed E-state index contributed by atoms with van der Waals surface area (Å²) in [5.41, 5.74) is 2.32. The maximum atomic E-state index is 12.7. The monoisotopic (exact) mass is 423 g/mol. The molecule has 0 unspecified atom stereocenters. The van der Waals surface area contributed by atoms with Gasteiger partial charge in [0, 0.05) is 24.1 Å². The molecule has 0 fully saturated rings. The van der Waals surface area contributed by atoms with Crippen LogP contribution in [0.4, 0.5) is 0 Å². The number of carbonyl (C=O) groups is 3. The molecule has 1 aromatic carbocycles. The molecule has 0 aliphatic carbocycles. The highest BCUT2D eigenvalue weighted by Gasteiger charge is 2.25. The molecule has 0 spiro atoms. The van der Waals surface area contributed by atoms with E-state index in [0.29, 0.717) is 46.4 Å². The second-order valence-corrected chi connectivity index (χ2v) is 7.56. The third-order valence-electron chi connectivity index (χ3n) is 5.17. The Morgan fingerprint density at radius 1 is 1.13 bits per heavy atom. The zero-order chi connectivity index (χ0) is 22.7. The number of aromatic nitrogens is 3. The fourth-order valence-corrected chi connectivity index (χ4v) is 3.69. The summed E-state index contributed by atoms with van der Waals surface area (Å²) < 4.78 is 5.28. The quantitative estimate of drug-likeness (QED) is 0.424. The van der Waals surface area contributed by atoms with E-state index in [-0.39, 0.29) is 29.2 Å². The van der Waals surface area contributed by atoms with Crippen molar-refractivity contribution in [1.29, 1.82) is 0 Å². The smallest absolute Gasteiger partial charge is 0.306 e. The predicted molar refractivity (Wildman–Crippen MR) is 115 cm³/mol. The minimum absolute atomic E-state index is 0.0790. The second-order valence-electron chi connectivity index (χ2n) is 7.56. The second kappa shape index (κ2) is 9.07. The van der Waals surface area contributed by atoms with E-state index in [2.05, 4.69) is 15.0 Å². The fourth-order valence-electron chi connectivity index (χ4n) is 3.69. The van der Waals surface area contributed by atoms with Gasteiger partial charge in [-0.3, -0.25) is 19.2 Å². The Labute approximate surface area is 179 Å². The highest BCUT2D eigenvalue weighted by Crippen LogP contribution is 2.20. The normalized spacial score (nSPS) is 12.0. The number of aromatic amines is 2. The SMILES string of the molecule is CC(=O)c1c(C)[nH]c(C(=O)[C@@H](C)OC(=O)CCCc2nc3ccccc3c(=O)[nH]2)c1C. The first-order chi connectivity index (χ1) is 14.7. The Balaban J connectivity index is 1.57. The van der Waals surface area contributed by atoms with E-state index in [1.54, 1.807) is 38.1 Å². The van der Waals surface area contributed by atoms with Crippen LogP contribution in [0.25, 0.3) is 10.9 Å². The maximum Gasteiger partial charge on any atom is 0.306 e. The van der Waals surface area contributed by atoms with Crippen LogP contribution in [-0.4, -0.2) is 38.6 Å². The molecule has 3 rings (SSSR count). The number of rotatable bonds is 8. The van der Waals surface area contributed by atoms with Crippen molar-refractivity contribution in [2.45, 2.75) is 53.1 Å². The van der Waals surface area contributed by atoms with E-state index < -0.39 is 12.1 Å². The molecule has 31 heavy (non-hydrogen) atoms. The molecule has 8 heteroatoms. The lowest BCUT2D eigenvalue weighted by atomic mass is 10.0. The third-order valence-corrected chi connectivity index (χ3v) is 5.17. The van der Waals surface area contributed by atoms with Gasteiger partial charge in [0.05, 0.1) is 16.6 Å². The molecular formula is C23H25N3O5. The number of fused-ring (bicyclic) bond motifs is 1. The molecular weight excluding hydrogens is 398 g/mol. The Morgan fingerprint density at radius 3 is 2.52 bits per heavy atom. The number of nitrogens with one attached hydrogen (secondary N) is 2. The molecule has 162 valence electrons. The van der Waals surface area contributed by atoms with Crippen LogP contribution in [0.3, 0.4) is 0 Å². The first-order valence-electron chi connectivity index (χ1n) is 10.1. The number of para-hydroxylation sites is 1. The molecule has 0 aliphatic rings. The molecule has 2 aromatic heterocycles. The van der Waals surface area contributed by atoms with E-state index in [1.807, 2.05) is 0 Å². The predicted octanol–water partition coefficient (Wildman–Crippen LogP) is 3.21. The number of hydrogen-bond donors (Lipinski definition) is 2. The number of Topliss-reactive ketones (excluding diaryl/α,β-unsaturated/α-hetero) is 2. The third kappa shape index (κ3) is 4.79. The molecule has 2 heterocycles.